The van der Waals surface area contributed by atoms with Crippen molar-refractivity contribution in [1.29, 1.82) is 0 Å². The summed E-state index contributed by atoms with van der Waals surface area (Å²) in [6, 6.07) is 12.2. The van der Waals surface area contributed by atoms with Crippen molar-refractivity contribution >= 4 is 23.5 Å². The van der Waals surface area contributed by atoms with Crippen LogP contribution in [-0.2, 0) is 9.59 Å². The van der Waals surface area contributed by atoms with Gasteiger partial charge in [-0.3, -0.25) is 9.59 Å². The van der Waals surface area contributed by atoms with Crippen LogP contribution in [0.2, 0.25) is 5.02 Å². The molecule has 1 amide bonds. The topological polar surface area (TPSA) is 66.4 Å². The van der Waals surface area contributed by atoms with Crippen molar-refractivity contribution in [2.75, 3.05) is 0 Å². The molecule has 1 aliphatic rings. The Morgan fingerprint density at radius 1 is 1.20 bits per heavy atom. The van der Waals surface area contributed by atoms with E-state index in [9.17, 15) is 14.0 Å². The zero-order chi connectivity index (χ0) is 18.0. The Bertz CT molecular complexity index is 794. The van der Waals surface area contributed by atoms with Crippen molar-refractivity contribution in [3.63, 3.8) is 0 Å². The Balaban J connectivity index is 1.70. The molecule has 2 aromatic carbocycles. The Morgan fingerprint density at radius 3 is 2.52 bits per heavy atom. The zero-order valence-corrected chi connectivity index (χ0v) is 14.0. The SMILES string of the molecule is O=C(O)CC(NC(=O)C1CC1c1ccccc1Cl)c1ccc(F)cc1. The van der Waals surface area contributed by atoms with E-state index in [-0.39, 0.29) is 24.2 Å². The first kappa shape index (κ1) is 17.4. The lowest BCUT2D eigenvalue weighted by Gasteiger charge is -2.17. The van der Waals surface area contributed by atoms with Gasteiger partial charge < -0.3 is 10.4 Å². The van der Waals surface area contributed by atoms with E-state index in [0.717, 1.165) is 5.56 Å². The highest BCUT2D eigenvalue weighted by atomic mass is 35.5. The van der Waals surface area contributed by atoms with Gasteiger partial charge >= 0.3 is 5.97 Å². The number of amides is 1. The standard InChI is InChI=1S/C19H17ClFNO3/c20-16-4-2-1-3-13(16)14-9-15(14)19(25)22-17(10-18(23)24)11-5-7-12(21)8-6-11/h1-8,14-15,17H,9-10H2,(H,22,25)(H,23,24). The van der Waals surface area contributed by atoms with Crippen molar-refractivity contribution < 1.29 is 19.1 Å². The summed E-state index contributed by atoms with van der Waals surface area (Å²) in [5.74, 6) is -1.83. The Kier molecular flexibility index (Phi) is 5.04. The molecule has 3 rings (SSSR count). The summed E-state index contributed by atoms with van der Waals surface area (Å²) in [5, 5.41) is 12.5. The van der Waals surface area contributed by atoms with Crippen LogP contribution >= 0.6 is 11.6 Å². The molecule has 130 valence electrons. The maximum absolute atomic E-state index is 13.1. The molecule has 0 heterocycles. The molecule has 0 aliphatic heterocycles. The van der Waals surface area contributed by atoms with Crippen LogP contribution in [0.15, 0.2) is 48.5 Å². The van der Waals surface area contributed by atoms with Crippen molar-refractivity contribution in [2.45, 2.75) is 24.8 Å². The molecule has 0 aromatic heterocycles. The first-order valence-electron chi connectivity index (χ1n) is 7.97. The smallest absolute Gasteiger partial charge is 0.305 e. The maximum atomic E-state index is 13.1. The first-order chi connectivity index (χ1) is 12.0. The van der Waals surface area contributed by atoms with Gasteiger partial charge in [-0.1, -0.05) is 41.9 Å². The fourth-order valence-electron chi connectivity index (χ4n) is 3.00. The lowest BCUT2D eigenvalue weighted by atomic mass is 10.0. The quantitative estimate of drug-likeness (QED) is 0.819. The van der Waals surface area contributed by atoms with E-state index in [4.69, 9.17) is 16.7 Å². The lowest BCUT2D eigenvalue weighted by molar-refractivity contribution is -0.137. The van der Waals surface area contributed by atoms with Crippen LogP contribution in [-0.4, -0.2) is 17.0 Å². The van der Waals surface area contributed by atoms with Gasteiger partial charge in [0.05, 0.1) is 12.5 Å². The highest BCUT2D eigenvalue weighted by Gasteiger charge is 2.45. The van der Waals surface area contributed by atoms with Crippen LogP contribution in [0, 0.1) is 11.7 Å². The molecular formula is C19H17ClFNO3. The normalized spacial score (nSPS) is 19.9. The monoisotopic (exact) mass is 361 g/mol. The zero-order valence-electron chi connectivity index (χ0n) is 13.3. The molecule has 2 aromatic rings. The predicted octanol–water partition coefficient (Wildman–Crippen LogP) is 3.91. The number of nitrogens with one attached hydrogen (secondary N) is 1. The summed E-state index contributed by atoms with van der Waals surface area (Å²) < 4.78 is 13.1. The number of benzene rings is 2. The van der Waals surface area contributed by atoms with Crippen molar-refractivity contribution in [2.24, 2.45) is 5.92 Å². The van der Waals surface area contributed by atoms with Gasteiger partial charge in [0.15, 0.2) is 0 Å². The average Bonchev–Trinajstić information content (AvgIpc) is 3.35. The summed E-state index contributed by atoms with van der Waals surface area (Å²) in [7, 11) is 0. The minimum Gasteiger partial charge on any atom is -0.481 e. The largest absolute Gasteiger partial charge is 0.481 e. The van der Waals surface area contributed by atoms with E-state index < -0.39 is 17.8 Å². The van der Waals surface area contributed by atoms with Crippen molar-refractivity contribution in [1.82, 2.24) is 5.32 Å². The number of carbonyl (C=O) groups is 2. The number of halogens is 2. The van der Waals surface area contributed by atoms with Crippen LogP contribution < -0.4 is 5.32 Å². The van der Waals surface area contributed by atoms with Crippen molar-refractivity contribution in [3.05, 3.63) is 70.5 Å². The summed E-state index contributed by atoms with van der Waals surface area (Å²) in [4.78, 5) is 23.6. The summed E-state index contributed by atoms with van der Waals surface area (Å²) in [6.45, 7) is 0. The highest BCUT2D eigenvalue weighted by Crippen LogP contribution is 2.49. The van der Waals surface area contributed by atoms with E-state index in [0.29, 0.717) is 17.0 Å². The molecule has 2 N–H and O–H groups in total. The van der Waals surface area contributed by atoms with E-state index in [1.807, 2.05) is 18.2 Å². The van der Waals surface area contributed by atoms with E-state index in [2.05, 4.69) is 5.32 Å². The third-order valence-corrected chi connectivity index (χ3v) is 4.74. The van der Waals surface area contributed by atoms with Crippen molar-refractivity contribution in [3.8, 4) is 0 Å². The summed E-state index contributed by atoms with van der Waals surface area (Å²) in [5.41, 5.74) is 1.49. The number of carboxylic acid groups (broad SMARTS) is 1. The van der Waals surface area contributed by atoms with Crippen LogP contribution in [0.3, 0.4) is 0 Å². The third kappa shape index (κ3) is 4.17. The second kappa shape index (κ2) is 7.23. The molecule has 0 bridgehead atoms. The van der Waals surface area contributed by atoms with Crippen LogP contribution in [0.5, 0.6) is 0 Å². The highest BCUT2D eigenvalue weighted by molar-refractivity contribution is 6.31. The van der Waals surface area contributed by atoms with Gasteiger partial charge in [0.25, 0.3) is 0 Å². The molecule has 1 aliphatic carbocycles. The van der Waals surface area contributed by atoms with Gasteiger partial charge in [-0.2, -0.15) is 0 Å². The fraction of sp³-hybridized carbons (Fsp3) is 0.263. The van der Waals surface area contributed by atoms with Crippen LogP contribution in [0.25, 0.3) is 0 Å². The second-order valence-corrected chi connectivity index (χ2v) is 6.59. The molecule has 0 saturated heterocycles. The number of carbonyl (C=O) groups excluding carboxylic acids is 1. The molecule has 3 unspecified atom stereocenters. The Morgan fingerprint density at radius 2 is 1.88 bits per heavy atom. The van der Waals surface area contributed by atoms with E-state index in [1.54, 1.807) is 6.07 Å². The predicted molar refractivity (Wildman–Crippen MR) is 91.8 cm³/mol. The maximum Gasteiger partial charge on any atom is 0.305 e. The van der Waals surface area contributed by atoms with Gasteiger partial charge in [-0.25, -0.2) is 4.39 Å². The molecule has 1 saturated carbocycles. The number of carboxylic acids is 1. The summed E-state index contributed by atoms with van der Waals surface area (Å²) in [6.07, 6.45) is 0.416. The summed E-state index contributed by atoms with van der Waals surface area (Å²) >= 11 is 6.17. The van der Waals surface area contributed by atoms with Gasteiger partial charge in [-0.05, 0) is 41.7 Å². The molecule has 6 heteroatoms. The first-order valence-corrected chi connectivity index (χ1v) is 8.35. The molecule has 0 spiro atoms. The number of hydrogen-bond acceptors (Lipinski definition) is 2. The second-order valence-electron chi connectivity index (χ2n) is 6.18. The minimum absolute atomic E-state index is 0.0485. The van der Waals surface area contributed by atoms with E-state index >= 15 is 0 Å². The van der Waals surface area contributed by atoms with Crippen LogP contribution in [0.1, 0.15) is 35.9 Å². The molecule has 1 fully saturated rings. The number of aliphatic carboxylic acids is 1. The third-order valence-electron chi connectivity index (χ3n) is 4.40. The van der Waals surface area contributed by atoms with Gasteiger partial charge in [-0.15, -0.1) is 0 Å². The van der Waals surface area contributed by atoms with Gasteiger partial charge in [0.1, 0.15) is 5.82 Å². The van der Waals surface area contributed by atoms with E-state index in [1.165, 1.54) is 24.3 Å². The van der Waals surface area contributed by atoms with Gasteiger partial charge in [0.2, 0.25) is 5.91 Å². The molecular weight excluding hydrogens is 345 g/mol. The molecule has 25 heavy (non-hydrogen) atoms. The molecule has 3 atom stereocenters. The average molecular weight is 362 g/mol. The fourth-order valence-corrected chi connectivity index (χ4v) is 3.28. The lowest BCUT2D eigenvalue weighted by Crippen LogP contribution is -2.31. The molecule has 0 radical (unpaired) electrons. The number of hydrogen-bond donors (Lipinski definition) is 2. The molecule has 4 nitrogen and oxygen atoms in total. The number of rotatable bonds is 6. The van der Waals surface area contributed by atoms with Crippen LogP contribution in [0.4, 0.5) is 4.39 Å². The minimum atomic E-state index is -1.03. The Hall–Kier alpha value is -2.40. The van der Waals surface area contributed by atoms with Gasteiger partial charge in [0, 0.05) is 10.9 Å². The Labute approximate surface area is 149 Å².